The quantitative estimate of drug-likeness (QED) is 0.626. The zero-order chi connectivity index (χ0) is 16.4. The van der Waals surface area contributed by atoms with Crippen LogP contribution in [0.25, 0.3) is 0 Å². The summed E-state index contributed by atoms with van der Waals surface area (Å²) in [5.74, 6) is 5.31. The molecule has 0 atom stereocenters. The van der Waals surface area contributed by atoms with Gasteiger partial charge in [0.25, 0.3) is 0 Å². The maximum atomic E-state index is 8.76. The van der Waals surface area contributed by atoms with Crippen LogP contribution in [0, 0.1) is 33.7 Å². The molecule has 0 radical (unpaired) electrons. The molecule has 0 saturated carbocycles. The minimum absolute atomic E-state index is 0.481. The van der Waals surface area contributed by atoms with Crippen molar-refractivity contribution in [3.05, 3.63) is 30.3 Å². The van der Waals surface area contributed by atoms with Gasteiger partial charge >= 0.3 is 6.15 Å². The number of quaternary nitrogens is 1. The summed E-state index contributed by atoms with van der Waals surface area (Å²) in [4.78, 5) is 0. The van der Waals surface area contributed by atoms with Crippen LogP contribution in [0.1, 0.15) is 20.8 Å². The van der Waals surface area contributed by atoms with Gasteiger partial charge in [-0.15, -0.1) is 17.9 Å². The van der Waals surface area contributed by atoms with E-state index >= 15 is 0 Å². The first-order chi connectivity index (χ1) is 9.97. The van der Waals surface area contributed by atoms with Gasteiger partial charge in [0.1, 0.15) is 0 Å². The van der Waals surface area contributed by atoms with E-state index in [0.717, 1.165) is 0 Å². The minimum atomic E-state index is -2.35. The van der Waals surface area contributed by atoms with E-state index < -0.39 is 6.15 Å². The summed E-state index contributed by atoms with van der Waals surface area (Å²) in [5.41, 5.74) is 0.481. The highest BCUT2D eigenvalue weighted by molar-refractivity contribution is 7.09. The molecule has 0 N–H and O–H groups in total. The molecule has 21 heavy (non-hydrogen) atoms. The summed E-state index contributed by atoms with van der Waals surface area (Å²) >= 11 is 0. The van der Waals surface area contributed by atoms with Crippen LogP contribution in [0.3, 0.4) is 0 Å². The third-order valence-electron chi connectivity index (χ3n) is 4.17. The molecule has 0 spiro atoms. The molecule has 0 aliphatic rings. The molecule has 0 saturated heterocycles. The average molecular weight is 282 g/mol. The van der Waals surface area contributed by atoms with Gasteiger partial charge < -0.3 is 4.48 Å². The first kappa shape index (κ1) is 18.7. The Bertz CT molecular complexity index is 500. The molecule has 4 nitrogen and oxygen atoms in total. The number of nitrogens with zero attached hydrogens (tertiary/aromatic N) is 4. The summed E-state index contributed by atoms with van der Waals surface area (Å²) < 4.78 is 1.21. The van der Waals surface area contributed by atoms with Crippen molar-refractivity contribution in [2.75, 3.05) is 26.7 Å². The van der Waals surface area contributed by atoms with Crippen molar-refractivity contribution >= 4 is 11.6 Å². The monoisotopic (exact) mass is 282 g/mol. The highest BCUT2D eigenvalue weighted by Gasteiger charge is 2.25. The lowest BCUT2D eigenvalue weighted by molar-refractivity contribution is -0.904. The Morgan fingerprint density at radius 2 is 1.24 bits per heavy atom. The molecule has 0 fully saturated rings. The highest BCUT2D eigenvalue weighted by atomic mass is 15.3. The highest BCUT2D eigenvalue weighted by Crippen LogP contribution is 1.99. The second kappa shape index (κ2) is 8.80. The van der Waals surface area contributed by atoms with Gasteiger partial charge in [-0.1, -0.05) is 30.3 Å². The van der Waals surface area contributed by atoms with Crippen molar-refractivity contribution < 1.29 is 4.48 Å². The Morgan fingerprint density at radius 1 is 0.857 bits per heavy atom. The maximum Gasteiger partial charge on any atom is 0.322 e. The number of benzene rings is 1. The third kappa shape index (κ3) is 4.95. The SMILES string of the molecule is CC[N+](C)(CC)CC.N#C[B-](C#N)(C#N)c1ccccc1. The number of rotatable bonds is 4. The van der Waals surface area contributed by atoms with E-state index in [1.165, 1.54) is 24.1 Å². The maximum absolute atomic E-state index is 8.76. The first-order valence-corrected chi connectivity index (χ1v) is 7.25. The van der Waals surface area contributed by atoms with Gasteiger partial charge in [-0.2, -0.15) is 5.46 Å². The zero-order valence-electron chi connectivity index (χ0n) is 13.4. The van der Waals surface area contributed by atoms with Gasteiger partial charge in [-0.05, 0) is 20.8 Å². The number of nitriles is 3. The van der Waals surface area contributed by atoms with E-state index in [0.29, 0.717) is 5.46 Å². The van der Waals surface area contributed by atoms with Gasteiger partial charge in [0.15, 0.2) is 0 Å². The molecule has 0 amide bonds. The van der Waals surface area contributed by atoms with Gasteiger partial charge in [-0.25, -0.2) is 15.8 Å². The molecule has 0 heterocycles. The fourth-order valence-corrected chi connectivity index (χ4v) is 1.72. The second-order valence-corrected chi connectivity index (χ2v) is 5.23. The smallest absolute Gasteiger partial charge is 0.322 e. The minimum Gasteiger partial charge on any atom is -0.327 e. The summed E-state index contributed by atoms with van der Waals surface area (Å²) in [7, 11) is 2.29. The summed E-state index contributed by atoms with van der Waals surface area (Å²) in [6.07, 6.45) is -2.35. The average Bonchev–Trinajstić information content (AvgIpc) is 2.58. The Balaban J connectivity index is 0.000000433. The van der Waals surface area contributed by atoms with Gasteiger partial charge in [0.05, 0.1) is 26.7 Å². The fraction of sp³-hybridized carbons (Fsp3) is 0.438. The van der Waals surface area contributed by atoms with E-state index in [9.17, 15) is 0 Å². The largest absolute Gasteiger partial charge is 0.327 e. The molecule has 0 aliphatic heterocycles. The molecule has 110 valence electrons. The van der Waals surface area contributed by atoms with E-state index in [2.05, 4.69) is 27.8 Å². The van der Waals surface area contributed by atoms with Crippen LogP contribution in [0.2, 0.25) is 0 Å². The van der Waals surface area contributed by atoms with Gasteiger partial charge in [0, 0.05) is 0 Å². The number of hydrogen-bond acceptors (Lipinski definition) is 3. The topological polar surface area (TPSA) is 71.4 Å². The summed E-state index contributed by atoms with van der Waals surface area (Å²) in [5, 5.41) is 26.3. The third-order valence-corrected chi connectivity index (χ3v) is 4.17. The lowest BCUT2D eigenvalue weighted by Crippen LogP contribution is -2.44. The lowest BCUT2D eigenvalue weighted by atomic mass is 9.25. The molecule has 1 aromatic carbocycles. The second-order valence-electron chi connectivity index (χ2n) is 5.23. The lowest BCUT2D eigenvalue weighted by Gasteiger charge is -2.30. The summed E-state index contributed by atoms with van der Waals surface area (Å²) in [6, 6.07) is 8.43. The molecule has 0 unspecified atom stereocenters. The van der Waals surface area contributed by atoms with Crippen molar-refractivity contribution in [3.63, 3.8) is 0 Å². The van der Waals surface area contributed by atoms with E-state index in [1.54, 1.807) is 48.2 Å². The Kier molecular flexibility index (Phi) is 7.84. The Hall–Kier alpha value is -2.29. The predicted molar refractivity (Wildman–Crippen MR) is 86.5 cm³/mol. The fourth-order valence-electron chi connectivity index (χ4n) is 1.72. The molecule has 0 aliphatic carbocycles. The zero-order valence-corrected chi connectivity index (χ0v) is 13.4. The first-order valence-electron chi connectivity index (χ1n) is 7.25. The number of hydrogen-bond donors (Lipinski definition) is 0. The van der Waals surface area contributed by atoms with E-state index in [-0.39, 0.29) is 0 Å². The Morgan fingerprint density at radius 3 is 1.48 bits per heavy atom. The molecule has 1 aromatic rings. The van der Waals surface area contributed by atoms with Crippen molar-refractivity contribution in [1.29, 1.82) is 15.8 Å². The molecule has 0 aromatic heterocycles. The Labute approximate surface area is 128 Å². The van der Waals surface area contributed by atoms with Crippen LogP contribution < -0.4 is 5.46 Å². The van der Waals surface area contributed by atoms with Crippen LogP contribution in [-0.2, 0) is 0 Å². The van der Waals surface area contributed by atoms with Crippen molar-refractivity contribution in [3.8, 4) is 17.9 Å². The molecule has 1 rings (SSSR count). The van der Waals surface area contributed by atoms with Crippen molar-refractivity contribution in [1.82, 2.24) is 0 Å². The molecule has 5 heteroatoms. The van der Waals surface area contributed by atoms with Gasteiger partial charge in [0.2, 0.25) is 0 Å². The van der Waals surface area contributed by atoms with Crippen LogP contribution in [0.15, 0.2) is 30.3 Å². The van der Waals surface area contributed by atoms with Crippen molar-refractivity contribution in [2.45, 2.75) is 20.8 Å². The van der Waals surface area contributed by atoms with Crippen LogP contribution >= 0.6 is 0 Å². The molecule has 0 bridgehead atoms. The molecular formula is C16H23BN4. The van der Waals surface area contributed by atoms with Crippen molar-refractivity contribution in [2.24, 2.45) is 0 Å². The normalized spacial score (nSPS) is 10.3. The summed E-state index contributed by atoms with van der Waals surface area (Å²) in [6.45, 7) is 10.5. The van der Waals surface area contributed by atoms with Crippen LogP contribution in [-0.4, -0.2) is 37.3 Å². The standard InChI is InChI=1S/C9H5BN3.C7H18N/c11-6-10(7-12,8-13)9-4-2-1-3-5-9;1-5-8(4,6-2)7-3/h1-5H;5-7H2,1-4H3/q-1;+1. The van der Waals surface area contributed by atoms with Crippen LogP contribution in [0.5, 0.6) is 0 Å². The predicted octanol–water partition coefficient (Wildman–Crippen LogP) is 2.02. The van der Waals surface area contributed by atoms with E-state index in [1.807, 2.05) is 0 Å². The van der Waals surface area contributed by atoms with E-state index in [4.69, 9.17) is 15.8 Å². The van der Waals surface area contributed by atoms with Crippen LogP contribution in [0.4, 0.5) is 0 Å². The van der Waals surface area contributed by atoms with Gasteiger partial charge in [-0.3, -0.25) is 0 Å². The molecular weight excluding hydrogens is 259 g/mol.